The van der Waals surface area contributed by atoms with Crippen LogP contribution in [0.25, 0.3) is 11.1 Å². The van der Waals surface area contributed by atoms with Crippen LogP contribution in [0.1, 0.15) is 31.1 Å². The van der Waals surface area contributed by atoms with Gasteiger partial charge in [-0.3, -0.25) is 4.57 Å². The molecule has 6 nitrogen and oxygen atoms in total. The third-order valence-corrected chi connectivity index (χ3v) is 7.00. The lowest BCUT2D eigenvalue weighted by molar-refractivity contribution is 0.408. The standard InChI is InChI=1S/C26H27N3O3S/c1-4-29-25(18-27-26(29)32-23-14-10-19(2)11-15-23)20(3)28-33(30,31)24-16-12-22(13-17-24)21-8-6-5-7-9-21/h5-18,20,28H,4H2,1-3H3. The van der Waals surface area contributed by atoms with Crippen LogP contribution in [0.15, 0.2) is 90.0 Å². The molecule has 4 rings (SSSR count). The minimum absolute atomic E-state index is 0.215. The average molecular weight is 462 g/mol. The fourth-order valence-electron chi connectivity index (χ4n) is 3.65. The molecule has 0 radical (unpaired) electrons. The van der Waals surface area contributed by atoms with Crippen LogP contribution in [0.5, 0.6) is 11.8 Å². The van der Waals surface area contributed by atoms with E-state index in [1.807, 2.05) is 85.1 Å². The number of benzene rings is 3. The highest BCUT2D eigenvalue weighted by Gasteiger charge is 2.22. The molecule has 0 saturated carbocycles. The Labute approximate surface area is 194 Å². The monoisotopic (exact) mass is 461 g/mol. The number of ether oxygens (including phenoxy) is 1. The van der Waals surface area contributed by atoms with Gasteiger partial charge in [0, 0.05) is 6.54 Å². The fourth-order valence-corrected chi connectivity index (χ4v) is 4.86. The number of nitrogens with zero attached hydrogens (tertiary/aromatic N) is 2. The molecule has 7 heteroatoms. The second-order valence-electron chi connectivity index (χ2n) is 7.86. The molecule has 0 aliphatic rings. The third-order valence-electron chi connectivity index (χ3n) is 5.44. The number of rotatable bonds is 8. The molecule has 0 amide bonds. The number of hydrogen-bond donors (Lipinski definition) is 1. The third kappa shape index (κ3) is 5.16. The fraction of sp³-hybridized carbons (Fsp3) is 0.192. The molecule has 1 N–H and O–H groups in total. The summed E-state index contributed by atoms with van der Waals surface area (Å²) in [5.41, 5.74) is 3.87. The van der Waals surface area contributed by atoms with Crippen molar-refractivity contribution in [1.82, 2.24) is 14.3 Å². The Morgan fingerprint density at radius 3 is 2.21 bits per heavy atom. The molecule has 0 spiro atoms. The SMILES string of the molecule is CCn1c(C(C)NS(=O)(=O)c2ccc(-c3ccccc3)cc2)cnc1Oc1ccc(C)cc1. The maximum Gasteiger partial charge on any atom is 0.302 e. The first-order valence-electron chi connectivity index (χ1n) is 10.8. The van der Waals surface area contributed by atoms with Crippen molar-refractivity contribution in [2.24, 2.45) is 0 Å². The Balaban J connectivity index is 1.52. The van der Waals surface area contributed by atoms with Crippen molar-refractivity contribution in [2.45, 2.75) is 38.3 Å². The molecule has 0 aliphatic heterocycles. The van der Waals surface area contributed by atoms with E-state index in [1.165, 1.54) is 0 Å². The first-order chi connectivity index (χ1) is 15.9. The molecule has 0 bridgehead atoms. The van der Waals surface area contributed by atoms with Gasteiger partial charge in [0.15, 0.2) is 0 Å². The van der Waals surface area contributed by atoms with Gasteiger partial charge >= 0.3 is 6.01 Å². The van der Waals surface area contributed by atoms with Crippen molar-refractivity contribution in [3.63, 3.8) is 0 Å². The van der Waals surface area contributed by atoms with Crippen molar-refractivity contribution in [3.05, 3.63) is 96.3 Å². The molecule has 4 aromatic rings. The Hall–Kier alpha value is -3.42. The summed E-state index contributed by atoms with van der Waals surface area (Å²) in [4.78, 5) is 4.60. The van der Waals surface area contributed by atoms with Gasteiger partial charge in [0.1, 0.15) is 5.75 Å². The topological polar surface area (TPSA) is 73.2 Å². The first-order valence-corrected chi connectivity index (χ1v) is 12.3. The van der Waals surface area contributed by atoms with Crippen LogP contribution < -0.4 is 9.46 Å². The maximum absolute atomic E-state index is 13.0. The summed E-state index contributed by atoms with van der Waals surface area (Å²) in [6.07, 6.45) is 1.65. The van der Waals surface area contributed by atoms with Crippen LogP contribution in [-0.2, 0) is 16.6 Å². The van der Waals surface area contributed by atoms with Gasteiger partial charge in [0.05, 0.1) is 22.8 Å². The summed E-state index contributed by atoms with van der Waals surface area (Å²) in [6, 6.07) is 24.4. The maximum atomic E-state index is 13.0. The molecule has 3 aromatic carbocycles. The number of sulfonamides is 1. The van der Waals surface area contributed by atoms with Gasteiger partial charge in [-0.05, 0) is 56.2 Å². The average Bonchev–Trinajstić information content (AvgIpc) is 3.23. The van der Waals surface area contributed by atoms with E-state index in [0.717, 1.165) is 22.4 Å². The van der Waals surface area contributed by atoms with Crippen LogP contribution in [0.4, 0.5) is 0 Å². The van der Waals surface area contributed by atoms with Crippen LogP contribution in [0.3, 0.4) is 0 Å². The van der Waals surface area contributed by atoms with Crippen molar-refractivity contribution in [3.8, 4) is 22.9 Å². The van der Waals surface area contributed by atoms with E-state index in [1.54, 1.807) is 25.3 Å². The van der Waals surface area contributed by atoms with Crippen LogP contribution in [-0.4, -0.2) is 18.0 Å². The van der Waals surface area contributed by atoms with Crippen molar-refractivity contribution >= 4 is 10.0 Å². The van der Waals surface area contributed by atoms with E-state index in [-0.39, 0.29) is 4.90 Å². The predicted octanol–water partition coefficient (Wildman–Crippen LogP) is 5.71. The Morgan fingerprint density at radius 1 is 0.939 bits per heavy atom. The van der Waals surface area contributed by atoms with Crippen molar-refractivity contribution < 1.29 is 13.2 Å². The number of nitrogens with one attached hydrogen (secondary N) is 1. The van der Waals surface area contributed by atoms with E-state index < -0.39 is 16.1 Å². The zero-order valence-corrected chi connectivity index (χ0v) is 19.7. The molecule has 1 unspecified atom stereocenters. The van der Waals surface area contributed by atoms with E-state index >= 15 is 0 Å². The summed E-state index contributed by atoms with van der Waals surface area (Å²) in [5.74, 6) is 0.680. The van der Waals surface area contributed by atoms with Crippen LogP contribution in [0.2, 0.25) is 0 Å². The molecule has 0 aliphatic carbocycles. The van der Waals surface area contributed by atoms with Gasteiger partial charge in [-0.15, -0.1) is 0 Å². The van der Waals surface area contributed by atoms with Gasteiger partial charge in [-0.25, -0.2) is 18.1 Å². The van der Waals surface area contributed by atoms with E-state index in [4.69, 9.17) is 4.74 Å². The number of aryl methyl sites for hydroxylation is 1. The minimum atomic E-state index is -3.72. The second kappa shape index (κ2) is 9.60. The lowest BCUT2D eigenvalue weighted by Crippen LogP contribution is -2.28. The summed E-state index contributed by atoms with van der Waals surface area (Å²) in [5, 5.41) is 0. The molecule has 1 heterocycles. The predicted molar refractivity (Wildman–Crippen MR) is 130 cm³/mol. The quantitative estimate of drug-likeness (QED) is 0.365. The largest absolute Gasteiger partial charge is 0.426 e. The highest BCUT2D eigenvalue weighted by molar-refractivity contribution is 7.89. The number of imidazole rings is 1. The van der Waals surface area contributed by atoms with Gasteiger partial charge in [-0.2, -0.15) is 0 Å². The summed E-state index contributed by atoms with van der Waals surface area (Å²) in [7, 11) is -3.72. The summed E-state index contributed by atoms with van der Waals surface area (Å²) >= 11 is 0. The van der Waals surface area contributed by atoms with E-state index in [0.29, 0.717) is 18.3 Å². The molecule has 0 fully saturated rings. The van der Waals surface area contributed by atoms with Crippen LogP contribution >= 0.6 is 0 Å². The Morgan fingerprint density at radius 2 is 1.58 bits per heavy atom. The normalized spacial score (nSPS) is 12.5. The molecule has 0 saturated heterocycles. The minimum Gasteiger partial charge on any atom is -0.426 e. The van der Waals surface area contributed by atoms with E-state index in [9.17, 15) is 8.42 Å². The molecular weight excluding hydrogens is 434 g/mol. The summed E-state index contributed by atoms with van der Waals surface area (Å²) < 4.78 is 36.6. The smallest absolute Gasteiger partial charge is 0.302 e. The molecule has 170 valence electrons. The molecule has 33 heavy (non-hydrogen) atoms. The van der Waals surface area contributed by atoms with Gasteiger partial charge in [-0.1, -0.05) is 60.2 Å². The number of hydrogen-bond acceptors (Lipinski definition) is 4. The first kappa shape index (κ1) is 22.8. The lowest BCUT2D eigenvalue weighted by Gasteiger charge is -2.17. The Kier molecular flexibility index (Phi) is 6.62. The van der Waals surface area contributed by atoms with Gasteiger partial charge in [0.25, 0.3) is 0 Å². The van der Waals surface area contributed by atoms with E-state index in [2.05, 4.69) is 9.71 Å². The number of aromatic nitrogens is 2. The van der Waals surface area contributed by atoms with Crippen molar-refractivity contribution in [2.75, 3.05) is 0 Å². The zero-order valence-electron chi connectivity index (χ0n) is 18.9. The van der Waals surface area contributed by atoms with Gasteiger partial charge in [0.2, 0.25) is 10.0 Å². The van der Waals surface area contributed by atoms with Gasteiger partial charge < -0.3 is 4.74 Å². The molecule has 1 atom stereocenters. The molecule has 1 aromatic heterocycles. The zero-order chi connectivity index (χ0) is 23.4. The van der Waals surface area contributed by atoms with Crippen molar-refractivity contribution in [1.29, 1.82) is 0 Å². The lowest BCUT2D eigenvalue weighted by atomic mass is 10.1. The second-order valence-corrected chi connectivity index (χ2v) is 9.57. The summed E-state index contributed by atoms with van der Waals surface area (Å²) in [6.45, 7) is 6.37. The Bertz CT molecular complexity index is 1310. The van der Waals surface area contributed by atoms with Crippen LogP contribution in [0, 0.1) is 6.92 Å². The highest BCUT2D eigenvalue weighted by atomic mass is 32.2. The highest BCUT2D eigenvalue weighted by Crippen LogP contribution is 2.26. The molecular formula is C26H27N3O3S.